The third-order valence-corrected chi connectivity index (χ3v) is 10.1. The highest BCUT2D eigenvalue weighted by Gasteiger charge is 2.33. The molecule has 0 aliphatic carbocycles. The van der Waals surface area contributed by atoms with Crippen LogP contribution in [0.4, 0.5) is 15.9 Å². The first-order valence-corrected chi connectivity index (χ1v) is 17.6. The van der Waals surface area contributed by atoms with Crippen molar-refractivity contribution in [3.63, 3.8) is 0 Å². The van der Waals surface area contributed by atoms with Crippen molar-refractivity contribution in [3.05, 3.63) is 74.8 Å². The van der Waals surface area contributed by atoms with E-state index < -0.39 is 0 Å². The van der Waals surface area contributed by atoms with Crippen LogP contribution in [0.15, 0.2) is 52.3 Å². The lowest BCUT2D eigenvalue weighted by molar-refractivity contribution is -0.122. The second kappa shape index (κ2) is 15.9. The number of hydrogen-bond donors (Lipinski definition) is 0. The fourth-order valence-electron chi connectivity index (χ4n) is 6.12. The Morgan fingerprint density at radius 1 is 0.889 bits per heavy atom. The number of thiocarbonyl (C=S) groups is 1. The van der Waals surface area contributed by atoms with Gasteiger partial charge in [0.05, 0.1) is 16.2 Å². The molecule has 7 nitrogen and oxygen atoms in total. The molecule has 45 heavy (non-hydrogen) atoms. The van der Waals surface area contributed by atoms with E-state index in [9.17, 15) is 14.0 Å². The second-order valence-electron chi connectivity index (χ2n) is 12.0. The number of halogens is 1. The number of aromatic nitrogens is 2. The molecule has 3 aromatic rings. The number of para-hydroxylation sites is 1. The second-order valence-corrected chi connectivity index (χ2v) is 13.7. The number of thioether (sulfide) groups is 1. The number of hydrogen-bond acceptors (Lipinski definition) is 7. The van der Waals surface area contributed by atoms with Crippen LogP contribution in [0.25, 0.3) is 11.7 Å². The topological polar surface area (TPSA) is 61.2 Å². The Kier molecular flexibility index (Phi) is 11.7. The van der Waals surface area contributed by atoms with Crippen LogP contribution >= 0.6 is 24.0 Å². The Labute approximate surface area is 275 Å². The number of aryl methyl sites for hydroxylation is 1. The van der Waals surface area contributed by atoms with Crippen molar-refractivity contribution in [2.75, 3.05) is 42.5 Å². The first-order chi connectivity index (χ1) is 21.9. The van der Waals surface area contributed by atoms with Crippen LogP contribution < -0.4 is 15.4 Å². The van der Waals surface area contributed by atoms with Crippen LogP contribution in [0, 0.1) is 12.7 Å². The molecule has 240 valence electrons. The molecule has 0 spiro atoms. The summed E-state index contributed by atoms with van der Waals surface area (Å²) in [6, 6.07) is 10.5. The number of fused-ring (bicyclic) bond motifs is 1. The normalized spacial score (nSPS) is 16.5. The Morgan fingerprint density at radius 3 is 2.22 bits per heavy atom. The summed E-state index contributed by atoms with van der Waals surface area (Å²) in [7, 11) is 0. The summed E-state index contributed by atoms with van der Waals surface area (Å²) in [6.07, 6.45) is 15.7. The maximum absolute atomic E-state index is 14.5. The van der Waals surface area contributed by atoms with Gasteiger partial charge in [-0.25, -0.2) is 9.37 Å². The maximum atomic E-state index is 14.5. The number of piperazine rings is 1. The minimum atomic E-state index is -0.246. The number of rotatable bonds is 14. The van der Waals surface area contributed by atoms with Gasteiger partial charge in [-0.3, -0.25) is 18.9 Å². The molecule has 2 fully saturated rings. The van der Waals surface area contributed by atoms with E-state index in [0.717, 1.165) is 18.4 Å². The molecule has 0 radical (unpaired) electrons. The lowest BCUT2D eigenvalue weighted by Gasteiger charge is -2.37. The van der Waals surface area contributed by atoms with Gasteiger partial charge in [-0.2, -0.15) is 0 Å². The number of amides is 1. The predicted molar refractivity (Wildman–Crippen MR) is 189 cm³/mol. The Balaban J connectivity index is 1.29. The highest BCUT2D eigenvalue weighted by Crippen LogP contribution is 2.34. The van der Waals surface area contributed by atoms with Gasteiger partial charge >= 0.3 is 0 Å². The molecule has 10 heteroatoms. The number of benzene rings is 1. The Hall–Kier alpha value is -3.24. The highest BCUT2D eigenvalue weighted by molar-refractivity contribution is 8.26. The molecule has 0 bridgehead atoms. The van der Waals surface area contributed by atoms with Crippen molar-refractivity contribution in [1.82, 2.24) is 14.3 Å². The molecule has 2 aliphatic heterocycles. The summed E-state index contributed by atoms with van der Waals surface area (Å²) in [6.45, 7) is 7.05. The molecule has 1 amide bonds. The predicted octanol–water partition coefficient (Wildman–Crippen LogP) is 7.59. The van der Waals surface area contributed by atoms with Gasteiger partial charge in [-0.1, -0.05) is 107 Å². The van der Waals surface area contributed by atoms with E-state index >= 15 is 0 Å². The third-order valence-electron chi connectivity index (χ3n) is 8.72. The summed E-state index contributed by atoms with van der Waals surface area (Å²) in [5.74, 6) is 0.150. The summed E-state index contributed by atoms with van der Waals surface area (Å²) >= 11 is 6.87. The van der Waals surface area contributed by atoms with Gasteiger partial charge in [0.15, 0.2) is 0 Å². The molecule has 2 saturated heterocycles. The molecular formula is C35H44FN5O2S2. The number of unbranched alkanes of at least 4 members (excludes halogenated alkanes) is 9. The Bertz CT molecular complexity index is 1600. The minimum absolute atomic E-state index is 0.148. The molecule has 5 rings (SSSR count). The van der Waals surface area contributed by atoms with Crippen LogP contribution in [-0.2, 0) is 4.79 Å². The largest absolute Gasteiger partial charge is 0.366 e. The van der Waals surface area contributed by atoms with E-state index in [4.69, 9.17) is 17.2 Å². The molecular weight excluding hydrogens is 606 g/mol. The van der Waals surface area contributed by atoms with Crippen molar-refractivity contribution >= 4 is 57.4 Å². The Morgan fingerprint density at radius 2 is 1.53 bits per heavy atom. The summed E-state index contributed by atoms with van der Waals surface area (Å²) in [5.41, 5.74) is 2.19. The van der Waals surface area contributed by atoms with Gasteiger partial charge in [0.25, 0.3) is 11.5 Å². The fourth-order valence-corrected chi connectivity index (χ4v) is 7.41. The number of carbonyl (C=O) groups excluding carboxylic acids is 1. The van der Waals surface area contributed by atoms with E-state index in [-0.39, 0.29) is 17.3 Å². The number of nitrogens with zero attached hydrogens (tertiary/aromatic N) is 5. The van der Waals surface area contributed by atoms with Gasteiger partial charge in [0, 0.05) is 38.9 Å². The molecule has 0 saturated carbocycles. The van der Waals surface area contributed by atoms with Crippen molar-refractivity contribution in [3.8, 4) is 0 Å². The van der Waals surface area contributed by atoms with E-state index in [1.165, 1.54) is 69.2 Å². The summed E-state index contributed by atoms with van der Waals surface area (Å²) < 4.78 is 16.6. The first-order valence-electron chi connectivity index (χ1n) is 16.4. The lowest BCUT2D eigenvalue weighted by atomic mass is 10.1. The van der Waals surface area contributed by atoms with Crippen molar-refractivity contribution < 1.29 is 9.18 Å². The van der Waals surface area contributed by atoms with Gasteiger partial charge in [0.1, 0.15) is 21.6 Å². The molecule has 0 unspecified atom stereocenters. The van der Waals surface area contributed by atoms with Crippen molar-refractivity contribution in [1.29, 1.82) is 0 Å². The molecule has 4 heterocycles. The minimum Gasteiger partial charge on any atom is -0.366 e. The monoisotopic (exact) mass is 649 g/mol. The SMILES string of the molecule is CCCCCCCCCCCCN1C(=O)C(=Cc2c(N3CCN(c4ccccc4F)CC3)nc3c(C)cccn3c2=O)SC1=S. The zero-order chi connectivity index (χ0) is 31.8. The van der Waals surface area contributed by atoms with Crippen LogP contribution in [0.3, 0.4) is 0 Å². The smallest absolute Gasteiger partial charge is 0.267 e. The van der Waals surface area contributed by atoms with Gasteiger partial charge < -0.3 is 9.80 Å². The maximum Gasteiger partial charge on any atom is 0.267 e. The molecule has 2 aromatic heterocycles. The quantitative estimate of drug-likeness (QED) is 0.101. The van der Waals surface area contributed by atoms with Crippen LogP contribution in [0.1, 0.15) is 82.3 Å². The van der Waals surface area contributed by atoms with Crippen LogP contribution in [0.2, 0.25) is 0 Å². The molecule has 2 aliphatic rings. The van der Waals surface area contributed by atoms with Gasteiger partial charge in [-0.15, -0.1) is 0 Å². The number of anilines is 2. The average molecular weight is 650 g/mol. The lowest BCUT2D eigenvalue weighted by Crippen LogP contribution is -2.47. The standard InChI is InChI=1S/C35H44FN5O2S2/c1-3-4-5-6-7-8-9-10-11-14-19-41-34(43)30(45-35(41)44)25-27-32(37-31-26(2)16-15-20-40(31)33(27)42)39-23-21-38(22-24-39)29-18-13-12-17-28(29)36/h12-13,15-18,20,25H,3-11,14,19,21-24H2,1-2H3. The van der Waals surface area contributed by atoms with Gasteiger partial charge in [-0.05, 0) is 43.2 Å². The van der Waals surface area contributed by atoms with Crippen molar-refractivity contribution in [2.45, 2.75) is 78.1 Å². The zero-order valence-corrected chi connectivity index (χ0v) is 28.1. The fraction of sp³-hybridized carbons (Fsp3) is 0.486. The van der Waals surface area contributed by atoms with E-state index in [2.05, 4.69) is 11.8 Å². The summed E-state index contributed by atoms with van der Waals surface area (Å²) in [5, 5.41) is 0. The number of carbonyl (C=O) groups is 1. The molecule has 0 atom stereocenters. The highest BCUT2D eigenvalue weighted by atomic mass is 32.2. The average Bonchev–Trinajstić information content (AvgIpc) is 3.31. The number of pyridine rings is 1. The van der Waals surface area contributed by atoms with Crippen LogP contribution in [-0.4, -0.2) is 57.2 Å². The molecule has 0 N–H and O–H groups in total. The van der Waals surface area contributed by atoms with Gasteiger partial charge in [0.2, 0.25) is 0 Å². The van der Waals surface area contributed by atoms with Crippen molar-refractivity contribution in [2.24, 2.45) is 0 Å². The van der Waals surface area contributed by atoms with Crippen LogP contribution in [0.5, 0.6) is 0 Å². The zero-order valence-electron chi connectivity index (χ0n) is 26.5. The summed E-state index contributed by atoms with van der Waals surface area (Å²) in [4.78, 5) is 38.6. The van der Waals surface area contributed by atoms with E-state index in [1.54, 1.807) is 33.7 Å². The molecule has 1 aromatic carbocycles. The van der Waals surface area contributed by atoms with E-state index in [1.807, 2.05) is 30.0 Å². The first kappa shape index (κ1) is 33.1. The third kappa shape index (κ3) is 7.95. The van der Waals surface area contributed by atoms with E-state index in [0.29, 0.717) is 64.7 Å².